The van der Waals surface area contributed by atoms with Crippen molar-refractivity contribution in [3.63, 3.8) is 0 Å². The second-order valence-electron chi connectivity index (χ2n) is 0.697. The molecule has 0 aromatic heterocycles. The molecule has 0 spiro atoms. The molecule has 0 aliphatic rings. The van der Waals surface area contributed by atoms with E-state index in [9.17, 15) is 0 Å². The Morgan fingerprint density at radius 3 is 2.17 bits per heavy atom. The number of hydrogen-bond donors (Lipinski definition) is 0. The van der Waals surface area contributed by atoms with Gasteiger partial charge in [-0.15, -0.1) is 0 Å². The van der Waals surface area contributed by atoms with Gasteiger partial charge < -0.3 is 17.4 Å². The largest absolute Gasteiger partial charge is 1.00 e. The van der Waals surface area contributed by atoms with Crippen LogP contribution in [0.15, 0.2) is 0 Å². The summed E-state index contributed by atoms with van der Waals surface area (Å²) in [6, 6.07) is 0. The van der Waals surface area contributed by atoms with E-state index in [2.05, 4.69) is 17.4 Å². The van der Waals surface area contributed by atoms with Crippen molar-refractivity contribution in [3.8, 4) is 0 Å². The number of ether oxygens (including phenoxy) is 1. The topological polar surface area (TPSA) is 9.23 Å². The molecule has 0 N–H and O–H groups in total. The van der Waals surface area contributed by atoms with Crippen LogP contribution in [0.25, 0.3) is 0 Å². The first-order chi connectivity index (χ1) is 2.41. The quantitative estimate of drug-likeness (QED) is 0.529. The molecule has 0 aromatic rings. The van der Waals surface area contributed by atoms with Crippen molar-refractivity contribution < 1.29 is 27.1 Å². The molecule has 0 aliphatic carbocycles. The van der Waals surface area contributed by atoms with Crippen molar-refractivity contribution in [1.29, 1.82) is 0 Å². The fourth-order valence-corrected chi connectivity index (χ4v) is 0.250. The number of methoxy groups -OCH3 is 1. The minimum absolute atomic E-state index is 0. The Balaban J connectivity index is 0. The zero-order valence-electron chi connectivity index (χ0n) is 3.53. The first-order valence-electron chi connectivity index (χ1n) is 1.49. The molecule has 3 heteroatoms. The van der Waals surface area contributed by atoms with Crippen molar-refractivity contribution in [1.82, 2.24) is 0 Å². The SMILES string of the molecule is COCC[S-].[Au+]. The second kappa shape index (κ2) is 9.41. The van der Waals surface area contributed by atoms with Gasteiger partial charge in [-0.2, -0.15) is 5.75 Å². The maximum Gasteiger partial charge on any atom is 1.00 e. The number of hydrogen-bond acceptors (Lipinski definition) is 2. The van der Waals surface area contributed by atoms with Crippen LogP contribution in [-0.4, -0.2) is 19.5 Å². The Hall–Kier alpha value is 1.05. The third-order valence-electron chi connectivity index (χ3n) is 0.287. The summed E-state index contributed by atoms with van der Waals surface area (Å²) in [4.78, 5) is 0. The van der Waals surface area contributed by atoms with Crippen molar-refractivity contribution in [3.05, 3.63) is 0 Å². The van der Waals surface area contributed by atoms with Gasteiger partial charge in [-0.3, -0.25) is 0 Å². The third-order valence-corrected chi connectivity index (χ3v) is 0.454. The molecule has 0 heterocycles. The average Bonchev–Trinajstić information content (AvgIpc) is 1.41. The van der Waals surface area contributed by atoms with Gasteiger partial charge in [0.05, 0.1) is 0 Å². The monoisotopic (exact) mass is 288 g/mol. The van der Waals surface area contributed by atoms with Gasteiger partial charge >= 0.3 is 22.4 Å². The van der Waals surface area contributed by atoms with Gasteiger partial charge in [0.25, 0.3) is 0 Å². The van der Waals surface area contributed by atoms with E-state index < -0.39 is 0 Å². The first kappa shape index (κ1) is 10.1. The van der Waals surface area contributed by atoms with Crippen molar-refractivity contribution >= 4 is 12.6 Å². The van der Waals surface area contributed by atoms with Crippen LogP contribution >= 0.6 is 0 Å². The molecule has 0 radical (unpaired) electrons. The van der Waals surface area contributed by atoms with E-state index in [0.29, 0.717) is 12.4 Å². The van der Waals surface area contributed by atoms with Crippen molar-refractivity contribution in [2.24, 2.45) is 0 Å². The van der Waals surface area contributed by atoms with E-state index in [1.807, 2.05) is 0 Å². The summed E-state index contributed by atoms with van der Waals surface area (Å²) in [5, 5.41) is 0. The van der Waals surface area contributed by atoms with Gasteiger partial charge in [-0.05, 0) is 0 Å². The van der Waals surface area contributed by atoms with E-state index >= 15 is 0 Å². The third kappa shape index (κ3) is 8.90. The van der Waals surface area contributed by atoms with Crippen LogP contribution in [-0.2, 0) is 39.7 Å². The van der Waals surface area contributed by atoms with Gasteiger partial charge in [-0.25, -0.2) is 0 Å². The van der Waals surface area contributed by atoms with Gasteiger partial charge in [0.2, 0.25) is 0 Å². The van der Waals surface area contributed by atoms with Gasteiger partial charge in [0, 0.05) is 13.7 Å². The van der Waals surface area contributed by atoms with E-state index in [0.717, 1.165) is 0 Å². The Bertz CT molecular complexity index is 18.3. The molecule has 0 atom stereocenters. The molecule has 0 saturated heterocycles. The van der Waals surface area contributed by atoms with Crippen LogP contribution in [0.5, 0.6) is 0 Å². The van der Waals surface area contributed by atoms with Crippen LogP contribution in [0.2, 0.25) is 0 Å². The maximum absolute atomic E-state index is 4.59. The fraction of sp³-hybridized carbons (Fsp3) is 1.00. The Morgan fingerprint density at radius 2 is 2.17 bits per heavy atom. The summed E-state index contributed by atoms with van der Waals surface area (Å²) in [5.74, 6) is 0.705. The van der Waals surface area contributed by atoms with E-state index in [1.165, 1.54) is 0 Å². The molecule has 0 amide bonds. The van der Waals surface area contributed by atoms with Gasteiger partial charge in [0.15, 0.2) is 0 Å². The average molecular weight is 288 g/mol. The minimum atomic E-state index is 0. The molecule has 42 valence electrons. The Kier molecular flexibility index (Phi) is 15.9. The first-order valence-corrected chi connectivity index (χ1v) is 2.06. The molecule has 0 saturated carbocycles. The van der Waals surface area contributed by atoms with E-state index in [-0.39, 0.29) is 22.4 Å². The minimum Gasteiger partial charge on any atom is -0.790 e. The summed E-state index contributed by atoms with van der Waals surface area (Å²) in [7, 11) is 1.65. The fourth-order valence-electron chi connectivity index (χ4n) is 0.0833. The molecular weight excluding hydrogens is 281 g/mol. The van der Waals surface area contributed by atoms with Crippen LogP contribution in [0.3, 0.4) is 0 Å². The predicted octanol–water partition coefficient (Wildman–Crippen LogP) is 0.177. The van der Waals surface area contributed by atoms with Crippen LogP contribution in [0.4, 0.5) is 0 Å². The van der Waals surface area contributed by atoms with Gasteiger partial charge in [-0.1, -0.05) is 0 Å². The van der Waals surface area contributed by atoms with Crippen LogP contribution in [0, 0.1) is 0 Å². The van der Waals surface area contributed by atoms with E-state index in [1.54, 1.807) is 7.11 Å². The zero-order chi connectivity index (χ0) is 4.12. The summed E-state index contributed by atoms with van der Waals surface area (Å²) in [6.07, 6.45) is 0. The summed E-state index contributed by atoms with van der Waals surface area (Å²) >= 11 is 4.53. The normalized spacial score (nSPS) is 7.00. The van der Waals surface area contributed by atoms with Crippen molar-refractivity contribution in [2.45, 2.75) is 0 Å². The standard InChI is InChI=1S/C3H8OS.Au/c1-4-2-3-5;/h5H,2-3H2,1H3;/q;+1/p-1. The van der Waals surface area contributed by atoms with Crippen LogP contribution in [0.1, 0.15) is 0 Å². The number of rotatable bonds is 2. The zero-order valence-corrected chi connectivity index (χ0v) is 6.52. The predicted molar refractivity (Wildman–Crippen MR) is 24.1 cm³/mol. The molecule has 0 rings (SSSR count). The Labute approximate surface area is 59.4 Å². The molecule has 0 unspecified atom stereocenters. The van der Waals surface area contributed by atoms with E-state index in [4.69, 9.17) is 0 Å². The molecule has 0 bridgehead atoms. The molecule has 0 aliphatic heterocycles. The molecular formula is C3H7AuOS. The van der Waals surface area contributed by atoms with Crippen LogP contribution < -0.4 is 0 Å². The summed E-state index contributed by atoms with van der Waals surface area (Å²) in [6.45, 7) is 0.704. The molecule has 0 fully saturated rings. The Morgan fingerprint density at radius 1 is 1.67 bits per heavy atom. The van der Waals surface area contributed by atoms with Gasteiger partial charge in [0.1, 0.15) is 0 Å². The smallest absolute Gasteiger partial charge is 0.790 e. The molecule has 1 nitrogen and oxygen atoms in total. The second-order valence-corrected chi connectivity index (χ2v) is 1.11. The summed E-state index contributed by atoms with van der Waals surface area (Å²) in [5.41, 5.74) is 0. The summed E-state index contributed by atoms with van der Waals surface area (Å²) < 4.78 is 4.59. The molecule has 6 heavy (non-hydrogen) atoms. The molecule has 0 aromatic carbocycles. The van der Waals surface area contributed by atoms with Crippen molar-refractivity contribution in [2.75, 3.05) is 19.5 Å². The maximum atomic E-state index is 4.59.